The van der Waals surface area contributed by atoms with Crippen LogP contribution < -0.4 is 10.9 Å². The summed E-state index contributed by atoms with van der Waals surface area (Å²) in [6.45, 7) is 2.66. The van der Waals surface area contributed by atoms with Crippen LogP contribution in [0.3, 0.4) is 0 Å². The van der Waals surface area contributed by atoms with Crippen molar-refractivity contribution in [3.05, 3.63) is 70.1 Å². The zero-order valence-electron chi connectivity index (χ0n) is 13.5. The summed E-state index contributed by atoms with van der Waals surface area (Å²) in [4.78, 5) is 26.5. The smallest absolute Gasteiger partial charge is 0.317 e. The van der Waals surface area contributed by atoms with Crippen molar-refractivity contribution in [2.75, 3.05) is 13.1 Å². The largest absolute Gasteiger partial charge is 0.334 e. The van der Waals surface area contributed by atoms with Crippen LogP contribution in [0.15, 0.2) is 53.3 Å². The summed E-state index contributed by atoms with van der Waals surface area (Å²) in [5.41, 5.74) is 2.24. The first-order valence-electron chi connectivity index (χ1n) is 8.47. The van der Waals surface area contributed by atoms with E-state index in [2.05, 4.69) is 5.32 Å². The number of fused-ring (bicyclic) bond motifs is 4. The number of hydrogen-bond acceptors (Lipinski definition) is 2. The van der Waals surface area contributed by atoms with Crippen molar-refractivity contribution < 1.29 is 4.79 Å². The lowest BCUT2D eigenvalue weighted by atomic mass is 9.83. The standard InChI is InChI=1S/C19H21N3O2/c23-18-8-4-7-17-16-9-15(12-22(17)18)11-21(13-16)19(24)20-10-14-5-2-1-3-6-14/h1-8,15-16H,9-13H2,(H,20,24)/t15-,16-/m0/s1. The van der Waals surface area contributed by atoms with Gasteiger partial charge in [0.15, 0.2) is 0 Å². The number of likely N-dealkylation sites (tertiary alicyclic amines) is 1. The third kappa shape index (κ3) is 2.82. The quantitative estimate of drug-likeness (QED) is 0.921. The Morgan fingerprint density at radius 1 is 1.04 bits per heavy atom. The average Bonchev–Trinajstić information content (AvgIpc) is 2.61. The lowest BCUT2D eigenvalue weighted by molar-refractivity contribution is 0.131. The number of pyridine rings is 1. The minimum atomic E-state index is -0.0136. The van der Waals surface area contributed by atoms with E-state index in [1.165, 1.54) is 0 Å². The molecule has 2 atom stereocenters. The Balaban J connectivity index is 1.46. The number of benzene rings is 1. The van der Waals surface area contributed by atoms with E-state index in [0.29, 0.717) is 25.6 Å². The van der Waals surface area contributed by atoms with E-state index in [9.17, 15) is 9.59 Å². The highest BCUT2D eigenvalue weighted by Gasteiger charge is 2.36. The Bertz CT molecular complexity index is 800. The van der Waals surface area contributed by atoms with Gasteiger partial charge in [0.2, 0.25) is 0 Å². The highest BCUT2D eigenvalue weighted by atomic mass is 16.2. The number of nitrogens with zero attached hydrogens (tertiary/aromatic N) is 2. The van der Waals surface area contributed by atoms with E-state index in [1.54, 1.807) is 6.07 Å². The summed E-state index contributed by atoms with van der Waals surface area (Å²) in [5, 5.41) is 3.01. The molecule has 2 aromatic rings. The number of carbonyl (C=O) groups excluding carboxylic acids is 1. The molecular weight excluding hydrogens is 302 g/mol. The fourth-order valence-electron chi connectivity index (χ4n) is 3.95. The highest BCUT2D eigenvalue weighted by Crippen LogP contribution is 2.34. The van der Waals surface area contributed by atoms with Gasteiger partial charge in [-0.3, -0.25) is 4.79 Å². The number of aromatic nitrogens is 1. The zero-order valence-corrected chi connectivity index (χ0v) is 13.5. The summed E-state index contributed by atoms with van der Waals surface area (Å²) in [5.74, 6) is 0.618. The molecule has 124 valence electrons. The number of hydrogen-bond donors (Lipinski definition) is 1. The van der Waals surface area contributed by atoms with Crippen molar-refractivity contribution in [1.29, 1.82) is 0 Å². The first-order chi connectivity index (χ1) is 11.7. The molecule has 2 aliphatic heterocycles. The molecule has 0 unspecified atom stereocenters. The van der Waals surface area contributed by atoms with Gasteiger partial charge in [0.05, 0.1) is 0 Å². The van der Waals surface area contributed by atoms with E-state index in [4.69, 9.17) is 0 Å². The van der Waals surface area contributed by atoms with Gasteiger partial charge >= 0.3 is 6.03 Å². The Morgan fingerprint density at radius 2 is 1.88 bits per heavy atom. The van der Waals surface area contributed by atoms with Crippen molar-refractivity contribution >= 4 is 6.03 Å². The molecule has 2 amide bonds. The number of nitrogens with one attached hydrogen (secondary N) is 1. The maximum Gasteiger partial charge on any atom is 0.317 e. The molecule has 1 aromatic carbocycles. The second-order valence-corrected chi connectivity index (χ2v) is 6.75. The molecule has 1 aromatic heterocycles. The summed E-state index contributed by atoms with van der Waals surface area (Å²) in [6, 6.07) is 15.4. The second kappa shape index (κ2) is 6.15. The van der Waals surface area contributed by atoms with Gasteiger partial charge in [0, 0.05) is 43.9 Å². The van der Waals surface area contributed by atoms with Crippen LogP contribution in [0.5, 0.6) is 0 Å². The molecule has 0 saturated carbocycles. The first-order valence-corrected chi connectivity index (χ1v) is 8.47. The van der Waals surface area contributed by atoms with E-state index in [0.717, 1.165) is 24.2 Å². The average molecular weight is 323 g/mol. The van der Waals surface area contributed by atoms with Gasteiger partial charge in [-0.1, -0.05) is 36.4 Å². The molecule has 5 heteroatoms. The molecule has 0 aliphatic carbocycles. The van der Waals surface area contributed by atoms with Gasteiger partial charge in [-0.2, -0.15) is 0 Å². The van der Waals surface area contributed by atoms with Crippen LogP contribution in [-0.2, 0) is 13.1 Å². The van der Waals surface area contributed by atoms with Gasteiger partial charge in [-0.25, -0.2) is 4.79 Å². The van der Waals surface area contributed by atoms with Gasteiger partial charge in [0.1, 0.15) is 0 Å². The van der Waals surface area contributed by atoms with Crippen LogP contribution in [0, 0.1) is 5.92 Å². The number of carbonyl (C=O) groups is 1. The molecule has 1 fully saturated rings. The van der Waals surface area contributed by atoms with E-state index >= 15 is 0 Å². The van der Waals surface area contributed by atoms with Gasteiger partial charge in [-0.05, 0) is 24.0 Å². The monoisotopic (exact) mass is 323 g/mol. The summed E-state index contributed by atoms with van der Waals surface area (Å²) in [7, 11) is 0. The van der Waals surface area contributed by atoms with Crippen LogP contribution in [-0.4, -0.2) is 28.6 Å². The predicted octanol–water partition coefficient (Wildman–Crippen LogP) is 2.18. The molecule has 2 bridgehead atoms. The summed E-state index contributed by atoms with van der Waals surface area (Å²) < 4.78 is 1.89. The van der Waals surface area contributed by atoms with Crippen molar-refractivity contribution in [1.82, 2.24) is 14.8 Å². The van der Waals surface area contributed by atoms with Crippen LogP contribution in [0.1, 0.15) is 23.6 Å². The topological polar surface area (TPSA) is 54.3 Å². The molecule has 1 saturated heterocycles. The number of piperidine rings is 1. The Hall–Kier alpha value is -2.56. The maximum absolute atomic E-state index is 12.5. The molecular formula is C19H21N3O2. The molecule has 1 N–H and O–H groups in total. The molecule has 2 aliphatic rings. The minimum absolute atomic E-state index is 0.0136. The van der Waals surface area contributed by atoms with Crippen LogP contribution >= 0.6 is 0 Å². The van der Waals surface area contributed by atoms with Crippen LogP contribution in [0.2, 0.25) is 0 Å². The lowest BCUT2D eigenvalue weighted by Crippen LogP contribution is -2.51. The predicted molar refractivity (Wildman–Crippen MR) is 91.8 cm³/mol. The Kier molecular flexibility index (Phi) is 3.84. The van der Waals surface area contributed by atoms with E-state index in [1.807, 2.05) is 51.9 Å². The third-order valence-electron chi connectivity index (χ3n) is 5.05. The van der Waals surface area contributed by atoms with Gasteiger partial charge in [-0.15, -0.1) is 0 Å². The Morgan fingerprint density at radius 3 is 2.71 bits per heavy atom. The van der Waals surface area contributed by atoms with Crippen molar-refractivity contribution in [2.24, 2.45) is 5.92 Å². The first kappa shape index (κ1) is 15.0. The highest BCUT2D eigenvalue weighted by molar-refractivity contribution is 5.74. The molecule has 4 rings (SSSR count). The van der Waals surface area contributed by atoms with Crippen molar-refractivity contribution in [3.63, 3.8) is 0 Å². The van der Waals surface area contributed by atoms with Crippen molar-refractivity contribution in [3.8, 4) is 0 Å². The normalized spacial score (nSPS) is 21.9. The fourth-order valence-corrected chi connectivity index (χ4v) is 3.95. The molecule has 3 heterocycles. The van der Waals surface area contributed by atoms with E-state index in [-0.39, 0.29) is 17.5 Å². The van der Waals surface area contributed by atoms with Gasteiger partial charge in [0.25, 0.3) is 5.56 Å². The lowest BCUT2D eigenvalue weighted by Gasteiger charge is -2.42. The molecule has 5 nitrogen and oxygen atoms in total. The van der Waals surface area contributed by atoms with Gasteiger partial charge < -0.3 is 14.8 Å². The number of amides is 2. The van der Waals surface area contributed by atoms with Crippen molar-refractivity contribution in [2.45, 2.75) is 25.4 Å². The molecule has 0 spiro atoms. The molecule has 24 heavy (non-hydrogen) atoms. The second-order valence-electron chi connectivity index (χ2n) is 6.75. The number of rotatable bonds is 2. The van der Waals surface area contributed by atoms with Crippen LogP contribution in [0.25, 0.3) is 0 Å². The summed E-state index contributed by atoms with van der Waals surface area (Å²) in [6.07, 6.45) is 1.06. The Labute approximate surface area is 140 Å². The molecule has 0 radical (unpaired) electrons. The number of urea groups is 1. The zero-order chi connectivity index (χ0) is 16.5. The van der Waals surface area contributed by atoms with E-state index < -0.39 is 0 Å². The van der Waals surface area contributed by atoms with Crippen LogP contribution in [0.4, 0.5) is 4.79 Å². The minimum Gasteiger partial charge on any atom is -0.334 e. The summed E-state index contributed by atoms with van der Waals surface area (Å²) >= 11 is 0. The third-order valence-corrected chi connectivity index (χ3v) is 5.05. The maximum atomic E-state index is 12.5. The SMILES string of the molecule is O=C(NCc1ccccc1)N1C[C@@H]2C[C@@H](C1)c1cccc(=O)n1C2. The fraction of sp³-hybridized carbons (Fsp3) is 0.368.